The van der Waals surface area contributed by atoms with Gasteiger partial charge in [0.1, 0.15) is 0 Å². The molecule has 3 nitrogen and oxygen atoms in total. The number of carbonyl (C=O) groups is 2. The smallest absolute Gasteiger partial charge is 0.307 e. The van der Waals surface area contributed by atoms with Crippen molar-refractivity contribution in [2.75, 3.05) is 5.75 Å². The second kappa shape index (κ2) is 14.1. The van der Waals surface area contributed by atoms with Crippen LogP contribution in [0.4, 0.5) is 0 Å². The summed E-state index contributed by atoms with van der Waals surface area (Å²) in [5.74, 6) is 0.524. The number of thioether (sulfide) groups is 1. The van der Waals surface area contributed by atoms with E-state index in [9.17, 15) is 9.59 Å². The molecule has 0 aliphatic carbocycles. The zero-order chi connectivity index (χ0) is 16.7. The maximum Gasteiger partial charge on any atom is 0.307 e. The fraction of sp³-hybridized carbons (Fsp3) is 0.889. The van der Waals surface area contributed by atoms with Crippen LogP contribution in [0.5, 0.6) is 0 Å². The first-order valence-corrected chi connectivity index (χ1v) is 9.94. The molecule has 0 rings (SSSR count). The second-order valence-electron chi connectivity index (χ2n) is 5.77. The van der Waals surface area contributed by atoms with Gasteiger partial charge in [-0.05, 0) is 12.2 Å². The molecule has 0 heterocycles. The van der Waals surface area contributed by atoms with E-state index in [2.05, 4.69) is 6.92 Å². The number of ether oxygens (including phenoxy) is 1. The molecule has 130 valence electrons. The van der Waals surface area contributed by atoms with Gasteiger partial charge < -0.3 is 4.74 Å². The Bertz CT molecular complexity index is 294. The number of unbranched alkanes of at least 4 members (excludes halogenated alkanes) is 8. The van der Waals surface area contributed by atoms with Crippen LogP contribution in [-0.4, -0.2) is 22.9 Å². The zero-order valence-corrected chi connectivity index (χ0v) is 15.5. The lowest BCUT2D eigenvalue weighted by Gasteiger charge is -2.25. The van der Waals surface area contributed by atoms with Crippen molar-refractivity contribution in [3.05, 3.63) is 0 Å². The molecule has 22 heavy (non-hydrogen) atoms. The van der Waals surface area contributed by atoms with Crippen molar-refractivity contribution in [2.24, 2.45) is 0 Å². The molecule has 0 saturated heterocycles. The monoisotopic (exact) mass is 330 g/mol. The third-order valence-electron chi connectivity index (χ3n) is 3.83. The average molecular weight is 331 g/mol. The van der Waals surface area contributed by atoms with E-state index in [0.717, 1.165) is 24.9 Å². The van der Waals surface area contributed by atoms with Gasteiger partial charge >= 0.3 is 5.97 Å². The Hall–Kier alpha value is -0.510. The maximum atomic E-state index is 11.9. The van der Waals surface area contributed by atoms with Crippen LogP contribution >= 0.6 is 11.8 Å². The molecule has 0 fully saturated rings. The Morgan fingerprint density at radius 2 is 1.50 bits per heavy atom. The summed E-state index contributed by atoms with van der Waals surface area (Å²) in [5, 5.41) is 0. The fourth-order valence-corrected chi connectivity index (χ4v) is 3.33. The van der Waals surface area contributed by atoms with Crippen LogP contribution in [0, 0.1) is 0 Å². The van der Waals surface area contributed by atoms with E-state index in [4.69, 9.17) is 4.74 Å². The number of rotatable bonds is 15. The van der Waals surface area contributed by atoms with E-state index in [1.165, 1.54) is 56.7 Å². The molecule has 0 aromatic heterocycles. The standard InChI is InChI=1S/C18H34O3S/c1-4-7-8-9-10-11-12-13-14-15-17(20)21-18(5-2,16-19)22-6-3/h16H,4-15H2,1-3H3. The van der Waals surface area contributed by atoms with Crippen molar-refractivity contribution in [1.82, 2.24) is 0 Å². The van der Waals surface area contributed by atoms with Gasteiger partial charge in [-0.25, -0.2) is 0 Å². The molecular formula is C18H34O3S. The summed E-state index contributed by atoms with van der Waals surface area (Å²) in [7, 11) is 0. The highest BCUT2D eigenvalue weighted by molar-refractivity contribution is 8.01. The Balaban J connectivity index is 3.70. The van der Waals surface area contributed by atoms with E-state index in [1.807, 2.05) is 13.8 Å². The Morgan fingerprint density at radius 1 is 0.955 bits per heavy atom. The quantitative estimate of drug-likeness (QED) is 0.172. The van der Waals surface area contributed by atoms with Crippen molar-refractivity contribution in [1.29, 1.82) is 0 Å². The first kappa shape index (κ1) is 21.5. The lowest BCUT2D eigenvalue weighted by atomic mass is 10.1. The van der Waals surface area contributed by atoms with Gasteiger partial charge in [0, 0.05) is 12.8 Å². The summed E-state index contributed by atoms with van der Waals surface area (Å²) >= 11 is 1.40. The van der Waals surface area contributed by atoms with Crippen molar-refractivity contribution in [3.8, 4) is 0 Å². The summed E-state index contributed by atoms with van der Waals surface area (Å²) in [6.07, 6.45) is 12.7. The third kappa shape index (κ3) is 10.3. The van der Waals surface area contributed by atoms with Crippen LogP contribution in [0.1, 0.15) is 91.4 Å². The molecule has 0 aliphatic heterocycles. The minimum atomic E-state index is -0.967. The van der Waals surface area contributed by atoms with Gasteiger partial charge in [-0.3, -0.25) is 9.59 Å². The minimum Gasteiger partial charge on any atom is -0.440 e. The minimum absolute atomic E-state index is 0.238. The summed E-state index contributed by atoms with van der Waals surface area (Å²) in [6, 6.07) is 0. The van der Waals surface area contributed by atoms with Crippen molar-refractivity contribution in [2.45, 2.75) is 96.3 Å². The molecule has 0 radical (unpaired) electrons. The highest BCUT2D eigenvalue weighted by atomic mass is 32.2. The molecule has 0 aromatic rings. The third-order valence-corrected chi connectivity index (χ3v) is 5.08. The second-order valence-corrected chi connectivity index (χ2v) is 7.33. The van der Waals surface area contributed by atoms with Crippen molar-refractivity contribution < 1.29 is 14.3 Å². The van der Waals surface area contributed by atoms with Gasteiger partial charge in [0.25, 0.3) is 0 Å². The summed E-state index contributed by atoms with van der Waals surface area (Å²) in [6.45, 7) is 6.08. The van der Waals surface area contributed by atoms with Gasteiger partial charge in [-0.15, -0.1) is 11.8 Å². The Labute approximate surface area is 141 Å². The molecule has 0 N–H and O–H groups in total. The van der Waals surface area contributed by atoms with E-state index in [0.29, 0.717) is 12.8 Å². The van der Waals surface area contributed by atoms with Gasteiger partial charge in [-0.1, -0.05) is 72.1 Å². The molecule has 4 heteroatoms. The summed E-state index contributed by atoms with van der Waals surface area (Å²) in [5.41, 5.74) is 0. The largest absolute Gasteiger partial charge is 0.440 e. The average Bonchev–Trinajstić information content (AvgIpc) is 2.52. The SMILES string of the molecule is CCCCCCCCCCCC(=O)OC(C=O)(CC)SCC. The number of hydrogen-bond donors (Lipinski definition) is 0. The molecule has 1 atom stereocenters. The lowest BCUT2D eigenvalue weighted by molar-refractivity contribution is -0.154. The molecule has 1 unspecified atom stereocenters. The van der Waals surface area contributed by atoms with Crippen molar-refractivity contribution >= 4 is 24.0 Å². The highest BCUT2D eigenvalue weighted by Crippen LogP contribution is 2.29. The number of esters is 1. The molecular weight excluding hydrogens is 296 g/mol. The Kier molecular flexibility index (Phi) is 13.8. The van der Waals surface area contributed by atoms with Crippen LogP contribution in [0.2, 0.25) is 0 Å². The summed E-state index contributed by atoms with van der Waals surface area (Å²) in [4.78, 5) is 22.1. The normalized spacial score (nSPS) is 13.6. The van der Waals surface area contributed by atoms with E-state index in [1.54, 1.807) is 0 Å². The first-order chi connectivity index (χ1) is 10.6. The molecule has 0 amide bonds. The molecule has 0 spiro atoms. The predicted octanol–water partition coefficient (Wildman–Crippen LogP) is 5.51. The molecule has 0 saturated carbocycles. The van der Waals surface area contributed by atoms with Crippen LogP contribution in [0.3, 0.4) is 0 Å². The van der Waals surface area contributed by atoms with Gasteiger partial charge in [0.05, 0.1) is 0 Å². The number of aldehydes is 1. The van der Waals surface area contributed by atoms with E-state index in [-0.39, 0.29) is 5.97 Å². The van der Waals surface area contributed by atoms with Gasteiger partial charge in [-0.2, -0.15) is 0 Å². The first-order valence-electron chi connectivity index (χ1n) is 8.96. The lowest BCUT2D eigenvalue weighted by Crippen LogP contribution is -2.33. The fourth-order valence-electron chi connectivity index (χ4n) is 2.41. The highest BCUT2D eigenvalue weighted by Gasteiger charge is 2.31. The van der Waals surface area contributed by atoms with Crippen LogP contribution < -0.4 is 0 Å². The van der Waals surface area contributed by atoms with E-state index < -0.39 is 4.93 Å². The Morgan fingerprint density at radius 3 is 1.95 bits per heavy atom. The predicted molar refractivity (Wildman–Crippen MR) is 95.2 cm³/mol. The topological polar surface area (TPSA) is 43.4 Å². The van der Waals surface area contributed by atoms with Crippen LogP contribution in [-0.2, 0) is 14.3 Å². The molecule has 0 bridgehead atoms. The van der Waals surface area contributed by atoms with Crippen LogP contribution in [0.15, 0.2) is 0 Å². The molecule has 0 aliphatic rings. The van der Waals surface area contributed by atoms with Gasteiger partial charge in [0.15, 0.2) is 6.29 Å². The molecule has 0 aromatic carbocycles. The number of hydrogen-bond acceptors (Lipinski definition) is 4. The van der Waals surface area contributed by atoms with Crippen molar-refractivity contribution in [3.63, 3.8) is 0 Å². The summed E-state index contributed by atoms with van der Waals surface area (Å²) < 4.78 is 5.40. The van der Waals surface area contributed by atoms with Crippen LogP contribution in [0.25, 0.3) is 0 Å². The maximum absolute atomic E-state index is 11.9. The number of carbonyl (C=O) groups excluding carboxylic acids is 2. The van der Waals surface area contributed by atoms with Gasteiger partial charge in [0.2, 0.25) is 4.93 Å². The van der Waals surface area contributed by atoms with E-state index >= 15 is 0 Å². The zero-order valence-electron chi connectivity index (χ0n) is 14.7.